The predicted molar refractivity (Wildman–Crippen MR) is 97.0 cm³/mol. The Morgan fingerprint density at radius 1 is 1.15 bits per heavy atom. The van der Waals surface area contributed by atoms with Gasteiger partial charge in [-0.3, -0.25) is 4.79 Å². The van der Waals surface area contributed by atoms with Gasteiger partial charge in [0.25, 0.3) is 5.56 Å². The fourth-order valence-corrected chi connectivity index (χ4v) is 3.50. The third kappa shape index (κ3) is 2.40. The second kappa shape index (κ2) is 6.03. The Balaban J connectivity index is 1.64. The van der Waals surface area contributed by atoms with Gasteiger partial charge < -0.3 is 9.30 Å². The van der Waals surface area contributed by atoms with Crippen LogP contribution in [-0.4, -0.2) is 37.1 Å². The number of nitrogens with zero attached hydrogens (tertiary/aromatic N) is 5. The fraction of sp³-hybridized carbons (Fsp3) is 0.263. The van der Waals surface area contributed by atoms with E-state index >= 15 is 0 Å². The van der Waals surface area contributed by atoms with Gasteiger partial charge in [0.2, 0.25) is 0 Å². The van der Waals surface area contributed by atoms with E-state index < -0.39 is 0 Å². The molecule has 5 rings (SSSR count). The molecule has 0 spiro atoms. The highest BCUT2D eigenvalue weighted by Crippen LogP contribution is 2.24. The van der Waals surface area contributed by atoms with Crippen LogP contribution in [0.5, 0.6) is 0 Å². The van der Waals surface area contributed by atoms with Crippen molar-refractivity contribution in [2.45, 2.75) is 25.5 Å². The Labute approximate surface area is 148 Å². The second-order valence-electron chi connectivity index (χ2n) is 6.50. The summed E-state index contributed by atoms with van der Waals surface area (Å²) >= 11 is 0. The molecular weight excluding hydrogens is 330 g/mol. The van der Waals surface area contributed by atoms with E-state index in [-0.39, 0.29) is 11.7 Å². The van der Waals surface area contributed by atoms with E-state index in [0.29, 0.717) is 23.2 Å². The van der Waals surface area contributed by atoms with Crippen molar-refractivity contribution in [2.24, 2.45) is 0 Å². The molecule has 1 atom stereocenters. The number of fused-ring (bicyclic) bond motifs is 3. The normalized spacial score (nSPS) is 17.3. The lowest BCUT2D eigenvalue weighted by Gasteiger charge is -2.12. The van der Waals surface area contributed by atoms with E-state index in [1.807, 2.05) is 36.4 Å². The minimum Gasteiger partial charge on any atom is -0.376 e. The molecule has 1 aliphatic rings. The van der Waals surface area contributed by atoms with E-state index in [1.165, 1.54) is 0 Å². The fourth-order valence-electron chi connectivity index (χ4n) is 3.50. The first-order chi connectivity index (χ1) is 12.8. The van der Waals surface area contributed by atoms with Crippen LogP contribution in [0.3, 0.4) is 0 Å². The number of benzene rings is 1. The summed E-state index contributed by atoms with van der Waals surface area (Å²) in [5.74, 6) is 0. The van der Waals surface area contributed by atoms with Gasteiger partial charge in [-0.25, -0.2) is 4.52 Å². The van der Waals surface area contributed by atoms with Crippen molar-refractivity contribution in [2.75, 3.05) is 6.61 Å². The lowest BCUT2D eigenvalue weighted by Crippen LogP contribution is -2.27. The van der Waals surface area contributed by atoms with E-state index in [9.17, 15) is 4.79 Å². The molecular formula is C19H17N5O2. The minimum absolute atomic E-state index is 0.0937. The van der Waals surface area contributed by atoms with Crippen molar-refractivity contribution >= 4 is 16.7 Å². The van der Waals surface area contributed by atoms with E-state index in [2.05, 4.69) is 15.3 Å². The van der Waals surface area contributed by atoms with Gasteiger partial charge in [-0.1, -0.05) is 30.3 Å². The summed E-state index contributed by atoms with van der Waals surface area (Å²) < 4.78 is 8.97. The number of aromatic nitrogens is 5. The monoisotopic (exact) mass is 347 g/mol. The number of ether oxygens (including phenoxy) is 1. The third-order valence-corrected chi connectivity index (χ3v) is 4.84. The van der Waals surface area contributed by atoms with Crippen molar-refractivity contribution < 1.29 is 4.74 Å². The van der Waals surface area contributed by atoms with Crippen LogP contribution in [0.1, 0.15) is 12.8 Å². The zero-order chi connectivity index (χ0) is 17.5. The summed E-state index contributed by atoms with van der Waals surface area (Å²) in [7, 11) is 0. The first kappa shape index (κ1) is 15.2. The molecule has 0 N–H and O–H groups in total. The number of hydrogen-bond acceptors (Lipinski definition) is 5. The zero-order valence-corrected chi connectivity index (χ0v) is 14.1. The molecule has 130 valence electrons. The van der Waals surface area contributed by atoms with Crippen molar-refractivity contribution in [3.8, 4) is 11.1 Å². The summed E-state index contributed by atoms with van der Waals surface area (Å²) in [5.41, 5.74) is 3.36. The summed E-state index contributed by atoms with van der Waals surface area (Å²) in [6, 6.07) is 11.8. The molecule has 0 unspecified atom stereocenters. The summed E-state index contributed by atoms with van der Waals surface area (Å²) in [6.45, 7) is 1.31. The van der Waals surface area contributed by atoms with Crippen LogP contribution in [0.2, 0.25) is 0 Å². The molecule has 1 aromatic carbocycles. The average molecular weight is 347 g/mol. The minimum atomic E-state index is -0.163. The maximum Gasteiger partial charge on any atom is 0.280 e. The van der Waals surface area contributed by atoms with Crippen molar-refractivity contribution in [1.29, 1.82) is 0 Å². The molecule has 0 radical (unpaired) electrons. The quantitative estimate of drug-likeness (QED) is 0.568. The van der Waals surface area contributed by atoms with E-state index in [4.69, 9.17) is 4.74 Å². The highest BCUT2D eigenvalue weighted by molar-refractivity contribution is 5.82. The largest absolute Gasteiger partial charge is 0.376 e. The first-order valence-corrected chi connectivity index (χ1v) is 8.72. The molecule has 7 heteroatoms. The van der Waals surface area contributed by atoms with Gasteiger partial charge >= 0.3 is 0 Å². The van der Waals surface area contributed by atoms with Crippen LogP contribution >= 0.6 is 0 Å². The molecule has 26 heavy (non-hydrogen) atoms. The molecule has 1 saturated heterocycles. The molecule has 7 nitrogen and oxygen atoms in total. The van der Waals surface area contributed by atoms with Gasteiger partial charge in [-0.2, -0.15) is 5.10 Å². The highest BCUT2D eigenvalue weighted by atomic mass is 16.5. The molecule has 0 amide bonds. The molecule has 1 aliphatic heterocycles. The van der Waals surface area contributed by atoms with E-state index in [1.54, 1.807) is 21.5 Å². The van der Waals surface area contributed by atoms with Gasteiger partial charge in [0.05, 0.1) is 18.8 Å². The topological polar surface area (TPSA) is 74.3 Å². The maximum absolute atomic E-state index is 12.8. The van der Waals surface area contributed by atoms with Crippen molar-refractivity contribution in [3.05, 3.63) is 59.1 Å². The van der Waals surface area contributed by atoms with Gasteiger partial charge in [0.1, 0.15) is 5.52 Å². The second-order valence-corrected chi connectivity index (χ2v) is 6.50. The third-order valence-electron chi connectivity index (χ3n) is 4.84. The van der Waals surface area contributed by atoms with Crippen LogP contribution in [-0.2, 0) is 11.3 Å². The lowest BCUT2D eigenvalue weighted by molar-refractivity contribution is 0.0963. The standard InChI is InChI=1S/C19H17N5O2/c25-19-17-16(8-9-23(19)12-14-7-4-10-26-14)24-18(22-21-17)15(11-20-24)13-5-2-1-3-6-13/h1-3,5-6,8-9,11,14H,4,7,10,12H2/t14-/m0/s1. The van der Waals surface area contributed by atoms with Crippen molar-refractivity contribution in [1.82, 2.24) is 24.4 Å². The van der Waals surface area contributed by atoms with Crippen LogP contribution in [0.25, 0.3) is 27.8 Å². The number of hydrogen-bond donors (Lipinski definition) is 0. The molecule has 1 fully saturated rings. The highest BCUT2D eigenvalue weighted by Gasteiger charge is 2.18. The van der Waals surface area contributed by atoms with Crippen LogP contribution < -0.4 is 5.56 Å². The molecule has 4 aromatic rings. The van der Waals surface area contributed by atoms with Gasteiger partial charge in [0, 0.05) is 18.4 Å². The smallest absolute Gasteiger partial charge is 0.280 e. The Morgan fingerprint density at radius 3 is 2.85 bits per heavy atom. The number of pyridine rings is 1. The summed E-state index contributed by atoms with van der Waals surface area (Å²) in [5, 5.41) is 12.9. The Hall–Kier alpha value is -3.06. The molecule has 0 bridgehead atoms. The molecule has 4 heterocycles. The van der Waals surface area contributed by atoms with Crippen LogP contribution in [0.4, 0.5) is 0 Å². The van der Waals surface area contributed by atoms with Gasteiger partial charge in [0.15, 0.2) is 11.2 Å². The Kier molecular flexibility index (Phi) is 3.53. The van der Waals surface area contributed by atoms with Gasteiger partial charge in [-0.15, -0.1) is 10.2 Å². The maximum atomic E-state index is 12.8. The van der Waals surface area contributed by atoms with Crippen LogP contribution in [0, 0.1) is 0 Å². The Morgan fingerprint density at radius 2 is 2.04 bits per heavy atom. The molecule has 3 aromatic heterocycles. The number of rotatable bonds is 3. The summed E-state index contributed by atoms with van der Waals surface area (Å²) in [6.07, 6.45) is 5.67. The van der Waals surface area contributed by atoms with Gasteiger partial charge in [-0.05, 0) is 24.5 Å². The first-order valence-electron chi connectivity index (χ1n) is 8.72. The molecule has 0 saturated carbocycles. The van der Waals surface area contributed by atoms with Crippen molar-refractivity contribution in [3.63, 3.8) is 0 Å². The SMILES string of the molecule is O=c1c2nnc3c(-c4ccccc4)cnn3c2ccn1C[C@@H]1CCCO1. The lowest BCUT2D eigenvalue weighted by atomic mass is 10.1. The average Bonchev–Trinajstić information content (AvgIpc) is 3.34. The zero-order valence-electron chi connectivity index (χ0n) is 14.1. The van der Waals surface area contributed by atoms with E-state index in [0.717, 1.165) is 30.6 Å². The predicted octanol–water partition coefficient (Wildman–Crippen LogP) is 2.29. The Bertz CT molecular complexity index is 1140. The van der Waals surface area contributed by atoms with Crippen LogP contribution in [0.15, 0.2) is 53.6 Å². The molecule has 0 aliphatic carbocycles. The summed E-state index contributed by atoms with van der Waals surface area (Å²) in [4.78, 5) is 12.8.